The Labute approximate surface area is 137 Å². The van der Waals surface area contributed by atoms with Crippen molar-refractivity contribution in [3.63, 3.8) is 0 Å². The van der Waals surface area contributed by atoms with Crippen LogP contribution in [0.25, 0.3) is 11.6 Å². The van der Waals surface area contributed by atoms with Gasteiger partial charge >= 0.3 is 5.97 Å². The van der Waals surface area contributed by atoms with E-state index < -0.39 is 0 Å². The van der Waals surface area contributed by atoms with E-state index in [2.05, 4.69) is 15.3 Å². The largest absolute Gasteiger partial charge is 0.460 e. The fourth-order valence-electron chi connectivity index (χ4n) is 1.40. The molecule has 0 atom stereocenters. The van der Waals surface area contributed by atoms with Gasteiger partial charge < -0.3 is 13.8 Å². The van der Waals surface area contributed by atoms with Crippen molar-refractivity contribution in [1.29, 1.82) is 0 Å². The lowest BCUT2D eigenvalue weighted by Gasteiger charge is -2.17. The summed E-state index contributed by atoms with van der Waals surface area (Å²) in [5, 5.41) is 7.51. The van der Waals surface area contributed by atoms with Crippen LogP contribution in [0.1, 0.15) is 60.1 Å². The van der Waals surface area contributed by atoms with Crippen LogP contribution in [0.4, 0.5) is 0 Å². The number of aromatic nitrogens is 3. The molecular formula is C16H27N3O4. The molecule has 0 N–H and O–H groups in total. The van der Waals surface area contributed by atoms with Crippen LogP contribution in [0, 0.1) is 6.92 Å². The molecule has 0 aromatic carbocycles. The summed E-state index contributed by atoms with van der Waals surface area (Å²) in [4.78, 5) is 14.3. The van der Waals surface area contributed by atoms with E-state index in [-0.39, 0.29) is 11.6 Å². The lowest BCUT2D eigenvalue weighted by molar-refractivity contribution is -0.151. The van der Waals surface area contributed by atoms with Gasteiger partial charge in [-0.05, 0) is 27.7 Å². The smallest absolute Gasteiger partial charge is 0.303 e. The van der Waals surface area contributed by atoms with E-state index in [1.807, 2.05) is 48.5 Å². The maximum atomic E-state index is 10.2. The standard InChI is InChI=1S/C8H9N3O2.C6H12O2.C2H6/c1-3-7-9-8(13-11-7)6-4-5(2)12-10-6;1-5(7)8-6(2,3)4;1-2/h4H,3H2,1-2H3;1-4H3;1-2H3. The van der Waals surface area contributed by atoms with Gasteiger partial charge in [-0.25, -0.2) is 0 Å². The molecule has 7 heteroatoms. The van der Waals surface area contributed by atoms with Crippen molar-refractivity contribution in [2.45, 2.75) is 67.4 Å². The maximum Gasteiger partial charge on any atom is 0.303 e. The molecule has 0 aliphatic carbocycles. The van der Waals surface area contributed by atoms with Gasteiger partial charge in [0.2, 0.25) is 0 Å². The average molecular weight is 325 g/mol. The highest BCUT2D eigenvalue weighted by Gasteiger charge is 2.12. The summed E-state index contributed by atoms with van der Waals surface area (Å²) >= 11 is 0. The number of hydrogen-bond donors (Lipinski definition) is 0. The van der Waals surface area contributed by atoms with Crippen LogP contribution in [0.5, 0.6) is 0 Å². The minimum absolute atomic E-state index is 0.225. The minimum Gasteiger partial charge on any atom is -0.460 e. The Kier molecular flexibility index (Phi) is 8.83. The molecule has 7 nitrogen and oxygen atoms in total. The summed E-state index contributed by atoms with van der Waals surface area (Å²) < 4.78 is 14.7. The third kappa shape index (κ3) is 8.75. The van der Waals surface area contributed by atoms with Crippen molar-refractivity contribution in [3.05, 3.63) is 17.7 Å². The highest BCUT2D eigenvalue weighted by molar-refractivity contribution is 5.66. The van der Waals surface area contributed by atoms with Gasteiger partial charge in [0.1, 0.15) is 11.4 Å². The predicted molar refractivity (Wildman–Crippen MR) is 86.8 cm³/mol. The van der Waals surface area contributed by atoms with Crippen LogP contribution in [0.3, 0.4) is 0 Å². The molecule has 0 bridgehead atoms. The fourth-order valence-corrected chi connectivity index (χ4v) is 1.40. The fraction of sp³-hybridized carbons (Fsp3) is 0.625. The van der Waals surface area contributed by atoms with Gasteiger partial charge in [0.05, 0.1) is 0 Å². The van der Waals surface area contributed by atoms with E-state index in [9.17, 15) is 4.79 Å². The number of ether oxygens (including phenoxy) is 1. The Morgan fingerprint density at radius 2 is 1.83 bits per heavy atom. The Morgan fingerprint density at radius 1 is 1.22 bits per heavy atom. The molecule has 0 saturated heterocycles. The van der Waals surface area contributed by atoms with Gasteiger partial charge in [0, 0.05) is 19.4 Å². The quantitative estimate of drug-likeness (QED) is 0.771. The van der Waals surface area contributed by atoms with Gasteiger partial charge in [-0.3, -0.25) is 4.79 Å². The molecule has 0 radical (unpaired) electrons. The zero-order valence-corrected chi connectivity index (χ0v) is 15.3. The zero-order chi connectivity index (χ0) is 18.0. The van der Waals surface area contributed by atoms with E-state index in [1.165, 1.54) is 6.92 Å². The van der Waals surface area contributed by atoms with Crippen LogP contribution < -0.4 is 0 Å². The molecule has 0 fully saturated rings. The normalized spacial score (nSPS) is 10.1. The molecule has 0 unspecified atom stereocenters. The summed E-state index contributed by atoms with van der Waals surface area (Å²) in [5.41, 5.74) is 0.260. The van der Waals surface area contributed by atoms with E-state index in [0.29, 0.717) is 17.4 Å². The monoisotopic (exact) mass is 325 g/mol. The number of carbonyl (C=O) groups excluding carboxylic acids is 1. The maximum absolute atomic E-state index is 10.2. The molecular weight excluding hydrogens is 298 g/mol. The Hall–Kier alpha value is -2.18. The van der Waals surface area contributed by atoms with Crippen LogP contribution in [0.2, 0.25) is 0 Å². The first kappa shape index (κ1) is 20.8. The second-order valence-electron chi connectivity index (χ2n) is 5.40. The van der Waals surface area contributed by atoms with Gasteiger partial charge in [-0.2, -0.15) is 4.98 Å². The summed E-state index contributed by atoms with van der Waals surface area (Å²) in [5.74, 6) is 1.59. The second-order valence-corrected chi connectivity index (χ2v) is 5.40. The summed E-state index contributed by atoms with van der Waals surface area (Å²) in [6, 6.07) is 1.76. The molecule has 0 saturated carbocycles. The van der Waals surface area contributed by atoms with Crippen LogP contribution in [-0.2, 0) is 16.0 Å². The van der Waals surface area contributed by atoms with Gasteiger partial charge in [-0.1, -0.05) is 31.1 Å². The molecule has 2 aromatic heterocycles. The first-order valence-electron chi connectivity index (χ1n) is 7.67. The van der Waals surface area contributed by atoms with Crippen LogP contribution in [-0.4, -0.2) is 26.9 Å². The Bertz CT molecular complexity index is 582. The summed E-state index contributed by atoms with van der Waals surface area (Å²) in [6.07, 6.45) is 0.750. The number of nitrogens with zero attached hydrogens (tertiary/aromatic N) is 3. The minimum atomic E-state index is -0.328. The molecule has 2 rings (SSSR count). The number of aryl methyl sites for hydroxylation is 2. The van der Waals surface area contributed by atoms with Crippen molar-refractivity contribution < 1.29 is 18.6 Å². The lowest BCUT2D eigenvalue weighted by Crippen LogP contribution is -2.21. The SMILES string of the molecule is CC.CC(=O)OC(C)(C)C.CCc1noc(-c2cc(C)on2)n1. The average Bonchev–Trinajstić information content (AvgIpc) is 3.07. The van der Waals surface area contributed by atoms with Gasteiger partial charge in [0.25, 0.3) is 5.89 Å². The van der Waals surface area contributed by atoms with E-state index in [0.717, 1.165) is 12.2 Å². The van der Waals surface area contributed by atoms with Crippen molar-refractivity contribution in [1.82, 2.24) is 15.3 Å². The molecule has 23 heavy (non-hydrogen) atoms. The molecule has 2 heterocycles. The van der Waals surface area contributed by atoms with Crippen molar-refractivity contribution in [3.8, 4) is 11.6 Å². The summed E-state index contributed by atoms with van der Waals surface area (Å²) in [6.45, 7) is 14.7. The third-order valence-electron chi connectivity index (χ3n) is 2.08. The first-order chi connectivity index (χ1) is 10.7. The van der Waals surface area contributed by atoms with Crippen molar-refractivity contribution in [2.75, 3.05) is 0 Å². The Balaban J connectivity index is 0.000000421. The van der Waals surface area contributed by atoms with Crippen LogP contribution in [0.15, 0.2) is 15.1 Å². The number of carbonyl (C=O) groups is 1. The van der Waals surface area contributed by atoms with E-state index in [4.69, 9.17) is 13.8 Å². The topological polar surface area (TPSA) is 91.2 Å². The zero-order valence-electron chi connectivity index (χ0n) is 15.3. The molecule has 0 aliphatic rings. The summed E-state index contributed by atoms with van der Waals surface area (Å²) in [7, 11) is 0. The molecule has 0 spiro atoms. The Morgan fingerprint density at radius 3 is 2.13 bits per heavy atom. The van der Waals surface area contributed by atoms with Crippen LogP contribution >= 0.6 is 0 Å². The van der Waals surface area contributed by atoms with E-state index in [1.54, 1.807) is 6.07 Å². The van der Waals surface area contributed by atoms with E-state index >= 15 is 0 Å². The second kappa shape index (κ2) is 9.76. The van der Waals surface area contributed by atoms with Gasteiger partial charge in [0.15, 0.2) is 11.5 Å². The lowest BCUT2D eigenvalue weighted by atomic mass is 10.2. The molecule has 130 valence electrons. The third-order valence-corrected chi connectivity index (χ3v) is 2.08. The van der Waals surface area contributed by atoms with Crippen molar-refractivity contribution in [2.24, 2.45) is 0 Å². The number of esters is 1. The number of rotatable bonds is 2. The first-order valence-corrected chi connectivity index (χ1v) is 7.67. The predicted octanol–water partition coefficient (Wildman–Crippen LogP) is 3.97. The highest BCUT2D eigenvalue weighted by atomic mass is 16.6. The highest BCUT2D eigenvalue weighted by Crippen LogP contribution is 2.16. The number of hydrogen-bond acceptors (Lipinski definition) is 7. The molecule has 0 amide bonds. The molecule has 2 aromatic rings. The van der Waals surface area contributed by atoms with Crippen molar-refractivity contribution >= 4 is 5.97 Å². The molecule has 0 aliphatic heterocycles. The van der Waals surface area contributed by atoms with Gasteiger partial charge in [-0.15, -0.1) is 0 Å².